The van der Waals surface area contributed by atoms with Crippen molar-refractivity contribution in [1.82, 2.24) is 19.9 Å². The van der Waals surface area contributed by atoms with E-state index in [1.165, 1.54) is 0 Å². The zero-order valence-corrected chi connectivity index (χ0v) is 18.9. The van der Waals surface area contributed by atoms with Crippen molar-refractivity contribution >= 4 is 38.6 Å². The predicted octanol–water partition coefficient (Wildman–Crippen LogP) is 4.96. The molecule has 0 aliphatic carbocycles. The molecule has 3 rings (SSSR count). The minimum atomic E-state index is 0.309. The molecular weight excluding hydrogens is 428 g/mol. The molecule has 0 bridgehead atoms. The maximum absolute atomic E-state index is 6.05. The summed E-state index contributed by atoms with van der Waals surface area (Å²) in [6.07, 6.45) is 4.01. The molecular formula is C22H29BrN6. The lowest BCUT2D eigenvalue weighted by atomic mass is 10.1. The molecule has 1 aromatic carbocycles. The summed E-state index contributed by atoms with van der Waals surface area (Å²) >= 11 is 3.46. The fraction of sp³-hybridized carbons (Fsp3) is 0.409. The molecule has 7 heteroatoms. The lowest BCUT2D eigenvalue weighted by Crippen LogP contribution is -2.25. The van der Waals surface area contributed by atoms with Crippen molar-refractivity contribution in [3.63, 3.8) is 0 Å². The van der Waals surface area contributed by atoms with Crippen LogP contribution in [0.25, 0.3) is 22.4 Å². The minimum absolute atomic E-state index is 0.309. The van der Waals surface area contributed by atoms with Gasteiger partial charge in [-0.1, -0.05) is 41.9 Å². The van der Waals surface area contributed by atoms with Gasteiger partial charge in [0.15, 0.2) is 5.65 Å². The highest BCUT2D eigenvalue weighted by Crippen LogP contribution is 2.26. The van der Waals surface area contributed by atoms with Crippen LogP contribution in [0, 0.1) is 0 Å². The van der Waals surface area contributed by atoms with Gasteiger partial charge in [0.2, 0.25) is 0 Å². The lowest BCUT2D eigenvalue weighted by molar-refractivity contribution is 0.295. The van der Waals surface area contributed by atoms with Gasteiger partial charge in [0.1, 0.15) is 11.3 Å². The Hall–Kier alpha value is -2.25. The van der Waals surface area contributed by atoms with Gasteiger partial charge in [0.25, 0.3) is 0 Å². The van der Waals surface area contributed by atoms with E-state index in [1.807, 2.05) is 30.3 Å². The van der Waals surface area contributed by atoms with Crippen LogP contribution in [0.5, 0.6) is 0 Å². The molecule has 0 fully saturated rings. The smallest absolute Gasteiger partial charge is 0.182 e. The number of nitrogens with two attached hydrogens (primary N) is 1. The standard InChI is InChI=1S/C22H29BrN6/c1-4-29(5-2)12-6-7-15(3)26-18-13-20(24)28-22-21(18)25-14-19(27-22)16-8-10-17(23)11-9-16/h8-11,13-15H,4-7,12H2,1-3H3,(H3,24,26,27,28). The second-order valence-electron chi connectivity index (χ2n) is 7.24. The largest absolute Gasteiger partial charge is 0.384 e. The molecule has 0 spiro atoms. The summed E-state index contributed by atoms with van der Waals surface area (Å²) in [7, 11) is 0. The molecule has 0 aliphatic heterocycles. The highest BCUT2D eigenvalue weighted by Gasteiger charge is 2.12. The normalized spacial score (nSPS) is 12.4. The Balaban J connectivity index is 1.77. The Morgan fingerprint density at radius 2 is 1.86 bits per heavy atom. The van der Waals surface area contributed by atoms with Crippen molar-refractivity contribution in [3.8, 4) is 11.3 Å². The summed E-state index contributed by atoms with van der Waals surface area (Å²) < 4.78 is 1.03. The van der Waals surface area contributed by atoms with Gasteiger partial charge in [-0.2, -0.15) is 0 Å². The van der Waals surface area contributed by atoms with Gasteiger partial charge in [0, 0.05) is 22.1 Å². The lowest BCUT2D eigenvalue weighted by Gasteiger charge is -2.20. The molecule has 1 atom stereocenters. The van der Waals surface area contributed by atoms with E-state index in [2.05, 4.69) is 56.9 Å². The van der Waals surface area contributed by atoms with Crippen LogP contribution in [-0.2, 0) is 0 Å². The Morgan fingerprint density at radius 3 is 2.55 bits per heavy atom. The van der Waals surface area contributed by atoms with Crippen LogP contribution in [0.2, 0.25) is 0 Å². The van der Waals surface area contributed by atoms with E-state index >= 15 is 0 Å². The van der Waals surface area contributed by atoms with Crippen molar-refractivity contribution < 1.29 is 0 Å². The third-order valence-electron chi connectivity index (χ3n) is 5.08. The number of fused-ring (bicyclic) bond motifs is 1. The number of benzene rings is 1. The Morgan fingerprint density at radius 1 is 1.14 bits per heavy atom. The number of nitrogens with zero attached hydrogens (tertiary/aromatic N) is 4. The number of nitrogen functional groups attached to an aromatic ring is 1. The molecule has 154 valence electrons. The van der Waals surface area contributed by atoms with Gasteiger partial charge in [-0.3, -0.25) is 0 Å². The number of anilines is 2. The Bertz CT molecular complexity index is 940. The summed E-state index contributed by atoms with van der Waals surface area (Å²) in [5.41, 5.74) is 10.0. The van der Waals surface area contributed by atoms with E-state index < -0.39 is 0 Å². The first kappa shape index (κ1) is 21.5. The molecule has 0 saturated carbocycles. The number of pyridine rings is 1. The van der Waals surface area contributed by atoms with Crippen LogP contribution >= 0.6 is 15.9 Å². The van der Waals surface area contributed by atoms with Crippen LogP contribution in [0.4, 0.5) is 11.5 Å². The van der Waals surface area contributed by atoms with Crippen LogP contribution in [0.1, 0.15) is 33.6 Å². The zero-order valence-electron chi connectivity index (χ0n) is 17.3. The Labute approximate surface area is 181 Å². The van der Waals surface area contributed by atoms with Crippen molar-refractivity contribution in [2.75, 3.05) is 30.7 Å². The second-order valence-corrected chi connectivity index (χ2v) is 8.16. The van der Waals surface area contributed by atoms with Gasteiger partial charge >= 0.3 is 0 Å². The highest BCUT2D eigenvalue weighted by molar-refractivity contribution is 9.10. The summed E-state index contributed by atoms with van der Waals surface area (Å²) in [5.74, 6) is 0.442. The third-order valence-corrected chi connectivity index (χ3v) is 5.61. The maximum Gasteiger partial charge on any atom is 0.182 e. The Kier molecular flexibility index (Phi) is 7.39. The molecule has 0 radical (unpaired) electrons. The molecule has 29 heavy (non-hydrogen) atoms. The summed E-state index contributed by atoms with van der Waals surface area (Å²) in [6.45, 7) is 9.92. The van der Waals surface area contributed by atoms with Gasteiger partial charge in [-0.05, 0) is 51.5 Å². The average molecular weight is 457 g/mol. The van der Waals surface area contributed by atoms with E-state index in [-0.39, 0.29) is 0 Å². The van der Waals surface area contributed by atoms with E-state index in [0.29, 0.717) is 17.5 Å². The molecule has 3 aromatic rings. The van der Waals surface area contributed by atoms with E-state index in [0.717, 1.165) is 59.4 Å². The van der Waals surface area contributed by atoms with E-state index in [1.54, 1.807) is 6.20 Å². The molecule has 2 aromatic heterocycles. The monoisotopic (exact) mass is 456 g/mol. The quantitative estimate of drug-likeness (QED) is 0.473. The summed E-state index contributed by atoms with van der Waals surface area (Å²) in [6, 6.07) is 10.1. The SMILES string of the molecule is CCN(CC)CCCC(C)Nc1cc(N)nc2nc(-c3ccc(Br)cc3)cnc12. The number of hydrogen-bond donors (Lipinski definition) is 2. The first-order valence-corrected chi connectivity index (χ1v) is 11.0. The van der Waals surface area contributed by atoms with Crippen molar-refractivity contribution in [1.29, 1.82) is 0 Å². The molecule has 3 N–H and O–H groups in total. The minimum Gasteiger partial charge on any atom is -0.384 e. The first-order valence-electron chi connectivity index (χ1n) is 10.2. The molecule has 0 amide bonds. The van der Waals surface area contributed by atoms with E-state index in [9.17, 15) is 0 Å². The number of nitrogens with one attached hydrogen (secondary N) is 1. The van der Waals surface area contributed by atoms with Crippen LogP contribution < -0.4 is 11.1 Å². The average Bonchev–Trinajstić information content (AvgIpc) is 2.71. The highest BCUT2D eigenvalue weighted by atomic mass is 79.9. The number of rotatable bonds is 9. The number of halogens is 1. The molecule has 1 unspecified atom stereocenters. The van der Waals surface area contributed by atoms with Crippen molar-refractivity contribution in [3.05, 3.63) is 41.0 Å². The van der Waals surface area contributed by atoms with Gasteiger partial charge in [0.05, 0.1) is 17.6 Å². The van der Waals surface area contributed by atoms with Crippen molar-refractivity contribution in [2.45, 2.75) is 39.7 Å². The molecule has 0 aliphatic rings. The van der Waals surface area contributed by atoms with Gasteiger partial charge < -0.3 is 16.0 Å². The molecule has 0 saturated heterocycles. The fourth-order valence-electron chi connectivity index (χ4n) is 3.39. The zero-order chi connectivity index (χ0) is 20.8. The predicted molar refractivity (Wildman–Crippen MR) is 125 cm³/mol. The van der Waals surface area contributed by atoms with Gasteiger partial charge in [-0.25, -0.2) is 15.0 Å². The van der Waals surface area contributed by atoms with Crippen LogP contribution in [0.3, 0.4) is 0 Å². The number of aromatic nitrogens is 3. The fourth-order valence-corrected chi connectivity index (χ4v) is 3.65. The van der Waals surface area contributed by atoms with Crippen molar-refractivity contribution in [2.24, 2.45) is 0 Å². The van der Waals surface area contributed by atoms with Gasteiger partial charge in [-0.15, -0.1) is 0 Å². The second kappa shape index (κ2) is 9.98. The summed E-state index contributed by atoms with van der Waals surface area (Å²) in [5, 5.41) is 3.55. The molecule has 6 nitrogen and oxygen atoms in total. The molecule has 2 heterocycles. The topological polar surface area (TPSA) is 80.0 Å². The third kappa shape index (κ3) is 5.64. The van der Waals surface area contributed by atoms with E-state index in [4.69, 9.17) is 10.7 Å². The first-order chi connectivity index (χ1) is 14.0. The van der Waals surface area contributed by atoms with Crippen LogP contribution in [0.15, 0.2) is 41.0 Å². The summed E-state index contributed by atoms with van der Waals surface area (Å²) in [4.78, 5) is 16.2. The number of hydrogen-bond acceptors (Lipinski definition) is 6. The maximum atomic E-state index is 6.05. The van der Waals surface area contributed by atoms with Crippen LogP contribution in [-0.4, -0.2) is 45.5 Å².